The topological polar surface area (TPSA) is 41.4 Å². The van der Waals surface area contributed by atoms with Crippen LogP contribution in [0, 0.1) is 6.92 Å². The Hall–Kier alpha value is -3.18. The number of benzene rings is 2. The van der Waals surface area contributed by atoms with Gasteiger partial charge < -0.3 is 4.90 Å². The number of amides is 1. The van der Waals surface area contributed by atoms with E-state index in [-0.39, 0.29) is 5.91 Å². The first kappa shape index (κ1) is 19.2. The zero-order valence-corrected chi connectivity index (χ0v) is 16.7. The first-order valence-corrected chi connectivity index (χ1v) is 10.0. The van der Waals surface area contributed by atoms with Crippen LogP contribution < -0.4 is 0 Å². The average molecular weight is 386 g/mol. The van der Waals surface area contributed by atoms with Crippen LogP contribution in [0.4, 0.5) is 0 Å². The van der Waals surface area contributed by atoms with Crippen molar-refractivity contribution in [1.29, 1.82) is 0 Å². The first-order valence-electron chi connectivity index (χ1n) is 10.0. The molecule has 1 aliphatic rings. The quantitative estimate of drug-likeness (QED) is 0.630. The van der Waals surface area contributed by atoms with Gasteiger partial charge in [0.1, 0.15) is 0 Å². The molecule has 0 saturated carbocycles. The van der Waals surface area contributed by atoms with E-state index in [1.54, 1.807) is 12.3 Å². The van der Waals surface area contributed by atoms with Gasteiger partial charge in [0.25, 0.3) is 0 Å². The van der Waals surface area contributed by atoms with Crippen molar-refractivity contribution < 1.29 is 4.79 Å². The lowest BCUT2D eigenvalue weighted by molar-refractivity contribution is -0.127. The maximum absolute atomic E-state index is 12.6. The van der Waals surface area contributed by atoms with Gasteiger partial charge in [0.2, 0.25) is 5.91 Å². The molecule has 0 radical (unpaired) electrons. The van der Waals surface area contributed by atoms with Crippen LogP contribution in [-0.2, 0) is 11.3 Å². The highest BCUT2D eigenvalue weighted by Crippen LogP contribution is 2.12. The van der Waals surface area contributed by atoms with E-state index in [0.717, 1.165) is 44.0 Å². The Morgan fingerprint density at radius 1 is 1.03 bits per heavy atom. The van der Waals surface area contributed by atoms with Gasteiger partial charge in [-0.1, -0.05) is 48.0 Å². The molecule has 0 atom stereocenters. The lowest BCUT2D eigenvalue weighted by Crippen LogP contribution is -2.47. The summed E-state index contributed by atoms with van der Waals surface area (Å²) in [6, 6.07) is 18.6. The fraction of sp³-hybridized carbons (Fsp3) is 0.250. The summed E-state index contributed by atoms with van der Waals surface area (Å²) in [5, 5.41) is 4.37. The summed E-state index contributed by atoms with van der Waals surface area (Å²) in [4.78, 5) is 16.9. The molecule has 4 rings (SSSR count). The highest BCUT2D eigenvalue weighted by molar-refractivity contribution is 5.91. The molecule has 0 aliphatic carbocycles. The zero-order valence-electron chi connectivity index (χ0n) is 16.7. The molecule has 0 bridgehead atoms. The van der Waals surface area contributed by atoms with Crippen LogP contribution in [0.2, 0.25) is 0 Å². The van der Waals surface area contributed by atoms with Crippen LogP contribution >= 0.6 is 0 Å². The Morgan fingerprint density at radius 3 is 2.59 bits per heavy atom. The third kappa shape index (κ3) is 5.00. The molecule has 148 valence electrons. The van der Waals surface area contributed by atoms with Gasteiger partial charge >= 0.3 is 0 Å². The molecule has 0 spiro atoms. The van der Waals surface area contributed by atoms with E-state index in [0.29, 0.717) is 0 Å². The number of rotatable bonds is 5. The van der Waals surface area contributed by atoms with Crippen molar-refractivity contribution in [2.75, 3.05) is 26.2 Å². The van der Waals surface area contributed by atoms with E-state index in [9.17, 15) is 4.79 Å². The maximum Gasteiger partial charge on any atom is 0.246 e. The van der Waals surface area contributed by atoms with Crippen LogP contribution in [0.3, 0.4) is 0 Å². The van der Waals surface area contributed by atoms with E-state index in [4.69, 9.17) is 0 Å². The minimum absolute atomic E-state index is 0.0627. The van der Waals surface area contributed by atoms with Crippen molar-refractivity contribution in [3.8, 4) is 5.69 Å². The smallest absolute Gasteiger partial charge is 0.246 e. The molecule has 1 aromatic heterocycles. The second-order valence-corrected chi connectivity index (χ2v) is 7.48. The first-order chi connectivity index (χ1) is 14.2. The molecule has 0 unspecified atom stereocenters. The van der Waals surface area contributed by atoms with Crippen molar-refractivity contribution in [3.63, 3.8) is 0 Å². The molecule has 2 aromatic carbocycles. The standard InChI is InChI=1S/C24H26N4O/c1-20-6-5-7-21(16-20)18-26-12-14-27(15-13-26)24(29)11-10-22-17-25-28(19-22)23-8-3-2-4-9-23/h2-11,16-17,19H,12-15,18H2,1H3/b11-10+. The molecular formula is C24H26N4O. The number of para-hydroxylation sites is 1. The number of hydrogen-bond donors (Lipinski definition) is 0. The summed E-state index contributed by atoms with van der Waals surface area (Å²) >= 11 is 0. The van der Waals surface area contributed by atoms with E-state index >= 15 is 0 Å². The largest absolute Gasteiger partial charge is 0.337 e. The van der Waals surface area contributed by atoms with Crippen molar-refractivity contribution in [1.82, 2.24) is 19.6 Å². The summed E-state index contributed by atoms with van der Waals surface area (Å²) in [6.07, 6.45) is 7.20. The molecule has 5 nitrogen and oxygen atoms in total. The van der Waals surface area contributed by atoms with Gasteiger partial charge in [0.15, 0.2) is 0 Å². The third-order valence-electron chi connectivity index (χ3n) is 5.21. The molecule has 1 amide bonds. The predicted octanol–water partition coefficient (Wildman–Crippen LogP) is 3.54. The monoisotopic (exact) mass is 386 g/mol. The van der Waals surface area contributed by atoms with Crippen LogP contribution in [0.5, 0.6) is 0 Å². The highest BCUT2D eigenvalue weighted by Gasteiger charge is 2.19. The molecule has 2 heterocycles. The molecule has 1 saturated heterocycles. The molecule has 0 N–H and O–H groups in total. The molecule has 29 heavy (non-hydrogen) atoms. The van der Waals surface area contributed by atoms with Gasteiger partial charge in [-0.2, -0.15) is 5.10 Å². The molecule has 5 heteroatoms. The number of aromatic nitrogens is 2. The summed E-state index contributed by atoms with van der Waals surface area (Å²) in [7, 11) is 0. The minimum atomic E-state index is 0.0627. The van der Waals surface area contributed by atoms with Crippen molar-refractivity contribution in [2.45, 2.75) is 13.5 Å². The number of carbonyl (C=O) groups excluding carboxylic acids is 1. The van der Waals surface area contributed by atoms with Crippen molar-refractivity contribution >= 4 is 12.0 Å². The third-order valence-corrected chi connectivity index (χ3v) is 5.21. The van der Waals surface area contributed by atoms with Gasteiger partial charge in [-0.3, -0.25) is 9.69 Å². The van der Waals surface area contributed by atoms with Gasteiger partial charge in [0, 0.05) is 50.6 Å². The molecule has 1 aliphatic heterocycles. The lowest BCUT2D eigenvalue weighted by atomic mass is 10.1. The van der Waals surface area contributed by atoms with Gasteiger partial charge in [-0.15, -0.1) is 0 Å². The van der Waals surface area contributed by atoms with Crippen LogP contribution in [0.25, 0.3) is 11.8 Å². The minimum Gasteiger partial charge on any atom is -0.337 e. The highest BCUT2D eigenvalue weighted by atomic mass is 16.2. The lowest BCUT2D eigenvalue weighted by Gasteiger charge is -2.34. The predicted molar refractivity (Wildman–Crippen MR) is 116 cm³/mol. The average Bonchev–Trinajstić information content (AvgIpc) is 3.22. The Kier molecular flexibility index (Phi) is 5.86. The summed E-state index contributed by atoms with van der Waals surface area (Å²) in [5.74, 6) is 0.0627. The fourth-order valence-electron chi connectivity index (χ4n) is 3.61. The molecular weight excluding hydrogens is 360 g/mol. The second-order valence-electron chi connectivity index (χ2n) is 7.48. The Balaban J connectivity index is 1.29. The van der Waals surface area contributed by atoms with E-state index in [2.05, 4.69) is 41.2 Å². The fourth-order valence-corrected chi connectivity index (χ4v) is 3.61. The van der Waals surface area contributed by atoms with Crippen LogP contribution in [-0.4, -0.2) is 51.7 Å². The summed E-state index contributed by atoms with van der Waals surface area (Å²) in [5.41, 5.74) is 4.54. The number of piperazine rings is 1. The van der Waals surface area contributed by atoms with Crippen LogP contribution in [0.15, 0.2) is 73.1 Å². The van der Waals surface area contributed by atoms with Crippen LogP contribution in [0.1, 0.15) is 16.7 Å². The summed E-state index contributed by atoms with van der Waals surface area (Å²) < 4.78 is 1.81. The summed E-state index contributed by atoms with van der Waals surface area (Å²) in [6.45, 7) is 6.39. The number of hydrogen-bond acceptors (Lipinski definition) is 3. The Morgan fingerprint density at radius 2 is 1.83 bits per heavy atom. The molecule has 3 aromatic rings. The Labute approximate surface area is 171 Å². The SMILES string of the molecule is Cc1cccc(CN2CCN(C(=O)/C=C/c3cnn(-c4ccccc4)c3)CC2)c1. The number of aryl methyl sites for hydroxylation is 1. The van der Waals surface area contributed by atoms with Gasteiger partial charge in [-0.25, -0.2) is 4.68 Å². The Bertz CT molecular complexity index is 985. The van der Waals surface area contributed by atoms with Gasteiger partial charge in [-0.05, 0) is 30.7 Å². The van der Waals surface area contributed by atoms with E-state index < -0.39 is 0 Å². The maximum atomic E-state index is 12.6. The normalized spacial score (nSPS) is 15.1. The molecule has 1 fully saturated rings. The second kappa shape index (κ2) is 8.88. The van der Waals surface area contributed by atoms with Crippen molar-refractivity contribution in [3.05, 3.63) is 89.8 Å². The zero-order chi connectivity index (χ0) is 20.1. The van der Waals surface area contributed by atoms with Gasteiger partial charge in [0.05, 0.1) is 11.9 Å². The van der Waals surface area contributed by atoms with E-state index in [1.807, 2.05) is 52.2 Å². The van der Waals surface area contributed by atoms with E-state index in [1.165, 1.54) is 11.1 Å². The number of carbonyl (C=O) groups is 1. The number of nitrogens with zero attached hydrogens (tertiary/aromatic N) is 4. The van der Waals surface area contributed by atoms with Crippen molar-refractivity contribution in [2.24, 2.45) is 0 Å².